The average Bonchev–Trinajstić information content (AvgIpc) is 3.59. The number of aromatic nitrogens is 3. The van der Waals surface area contributed by atoms with Crippen LogP contribution in [-0.2, 0) is 4.79 Å². The van der Waals surface area contributed by atoms with E-state index in [1.807, 2.05) is 40.1 Å². The molecule has 2 amide bonds. The third-order valence-electron chi connectivity index (χ3n) is 7.46. The molecule has 3 N–H and O–H groups in total. The number of ether oxygens (including phenoxy) is 1. The Hall–Kier alpha value is -4.47. The van der Waals surface area contributed by atoms with Crippen molar-refractivity contribution in [3.8, 4) is 11.4 Å². The van der Waals surface area contributed by atoms with E-state index >= 15 is 0 Å². The first-order valence-electron chi connectivity index (χ1n) is 12.2. The Bertz CT molecular complexity index is 1340. The van der Waals surface area contributed by atoms with Gasteiger partial charge in [-0.15, -0.1) is 0 Å². The van der Waals surface area contributed by atoms with Crippen LogP contribution in [0.15, 0.2) is 61.3 Å². The van der Waals surface area contributed by atoms with Gasteiger partial charge in [0.1, 0.15) is 18.4 Å². The molecule has 2 fully saturated rings. The number of allylic oxidation sites excluding steroid dienone is 1. The van der Waals surface area contributed by atoms with Crippen LogP contribution in [-0.4, -0.2) is 64.4 Å². The van der Waals surface area contributed by atoms with Crippen molar-refractivity contribution in [1.29, 1.82) is 5.41 Å². The maximum Gasteiger partial charge on any atom is 0.253 e. The zero-order valence-electron chi connectivity index (χ0n) is 20.6. The number of rotatable bonds is 6. The number of hydrogen-bond donors (Lipinski definition) is 2. The minimum absolute atomic E-state index is 0.0300. The molecule has 10 nitrogen and oxygen atoms in total. The highest BCUT2D eigenvalue weighted by atomic mass is 16.5. The topological polar surface area (TPSA) is 130 Å². The molecule has 3 heterocycles. The van der Waals surface area contributed by atoms with Gasteiger partial charge < -0.3 is 25.7 Å². The third kappa shape index (κ3) is 4.35. The minimum atomic E-state index is -0.461. The van der Waals surface area contributed by atoms with Gasteiger partial charge in [0.25, 0.3) is 5.91 Å². The Morgan fingerprint density at radius 1 is 1.08 bits per heavy atom. The summed E-state index contributed by atoms with van der Waals surface area (Å²) in [6.45, 7) is 1.69. The molecule has 0 saturated carbocycles. The molecule has 37 heavy (non-hydrogen) atoms. The second kappa shape index (κ2) is 9.88. The predicted octanol–water partition coefficient (Wildman–Crippen LogP) is 2.88. The molecule has 2 aromatic carbocycles. The number of hydrogen-bond acceptors (Lipinski definition) is 7. The van der Waals surface area contributed by atoms with Gasteiger partial charge in [0.15, 0.2) is 0 Å². The van der Waals surface area contributed by atoms with Crippen molar-refractivity contribution >= 4 is 29.3 Å². The molecule has 1 spiro atoms. The van der Waals surface area contributed by atoms with Gasteiger partial charge in [0.05, 0.1) is 18.2 Å². The number of nitrogens with zero attached hydrogens (tertiary/aromatic N) is 5. The third-order valence-corrected chi connectivity index (χ3v) is 7.46. The number of benzene rings is 2. The van der Waals surface area contributed by atoms with Crippen LogP contribution in [0.25, 0.3) is 11.3 Å². The lowest BCUT2D eigenvalue weighted by Crippen LogP contribution is -2.46. The lowest BCUT2D eigenvalue weighted by Gasteiger charge is -2.38. The first-order chi connectivity index (χ1) is 18.0. The van der Waals surface area contributed by atoms with Gasteiger partial charge in [-0.2, -0.15) is 5.10 Å². The smallest absolute Gasteiger partial charge is 0.253 e. The van der Waals surface area contributed by atoms with E-state index in [1.54, 1.807) is 30.3 Å². The second-order valence-corrected chi connectivity index (χ2v) is 9.32. The number of carbonyl (C=O) groups is 2. The van der Waals surface area contributed by atoms with E-state index in [1.165, 1.54) is 18.7 Å². The Kier molecular flexibility index (Phi) is 6.47. The summed E-state index contributed by atoms with van der Waals surface area (Å²) in [6, 6.07) is 12.8. The highest BCUT2D eigenvalue weighted by molar-refractivity contribution is 6.09. The summed E-state index contributed by atoms with van der Waals surface area (Å²) in [4.78, 5) is 34.3. The van der Waals surface area contributed by atoms with Crippen molar-refractivity contribution < 1.29 is 14.3 Å². The molecular formula is C27H29N7O3. The van der Waals surface area contributed by atoms with Crippen LogP contribution in [0.2, 0.25) is 0 Å². The number of likely N-dealkylation sites (tertiary alicyclic amines) is 1. The summed E-state index contributed by atoms with van der Waals surface area (Å²) < 4.78 is 7.16. The Morgan fingerprint density at radius 2 is 1.78 bits per heavy atom. The van der Waals surface area contributed by atoms with Gasteiger partial charge in [-0.1, -0.05) is 0 Å². The molecule has 3 aromatic rings. The van der Waals surface area contributed by atoms with E-state index in [4.69, 9.17) is 15.9 Å². The van der Waals surface area contributed by atoms with Gasteiger partial charge in [0, 0.05) is 60.5 Å². The number of nitrogens with one attached hydrogen (secondary N) is 1. The van der Waals surface area contributed by atoms with Crippen LogP contribution in [0.5, 0.6) is 5.75 Å². The van der Waals surface area contributed by atoms with Gasteiger partial charge in [-0.25, -0.2) is 9.67 Å². The van der Waals surface area contributed by atoms with Crippen LogP contribution >= 0.6 is 0 Å². The number of anilines is 1. The number of amides is 2. The summed E-state index contributed by atoms with van der Waals surface area (Å²) in [6.07, 6.45) is 7.63. The highest BCUT2D eigenvalue weighted by Gasteiger charge is 2.49. The maximum atomic E-state index is 13.6. The van der Waals surface area contributed by atoms with Gasteiger partial charge in [-0.3, -0.25) is 9.59 Å². The fourth-order valence-electron chi connectivity index (χ4n) is 5.25. The summed E-state index contributed by atoms with van der Waals surface area (Å²) in [5.41, 5.74) is 8.63. The first-order valence-corrected chi connectivity index (χ1v) is 12.2. The second-order valence-electron chi connectivity index (χ2n) is 9.32. The summed E-state index contributed by atoms with van der Waals surface area (Å²) in [5.74, 6) is 0.618. The lowest BCUT2D eigenvalue weighted by atomic mass is 9.77. The van der Waals surface area contributed by atoms with Crippen molar-refractivity contribution in [3.63, 3.8) is 0 Å². The molecule has 2 saturated heterocycles. The SMILES string of the molecule is COc1cc(N2CCC3(CCN(C(=O)c4ccc(-n5cncn5)cc4)CC3)C2=O)ccc1/C(C=N)=C/N. The monoisotopic (exact) mass is 499 g/mol. The van der Waals surface area contributed by atoms with Crippen LogP contribution in [0.1, 0.15) is 35.2 Å². The largest absolute Gasteiger partial charge is 0.496 e. The van der Waals surface area contributed by atoms with Gasteiger partial charge >= 0.3 is 0 Å². The van der Waals surface area contributed by atoms with Crippen molar-refractivity contribution in [3.05, 3.63) is 72.4 Å². The van der Waals surface area contributed by atoms with Crippen molar-refractivity contribution in [1.82, 2.24) is 19.7 Å². The molecule has 0 bridgehead atoms. The Balaban J connectivity index is 1.26. The Morgan fingerprint density at radius 3 is 2.41 bits per heavy atom. The standard InChI is InChI=1S/C27H29N7O3/c1-37-24-14-22(6-7-23(24)20(15-28)16-29)33-13-10-27(26(33)36)8-11-32(12-9-27)25(35)19-2-4-21(5-3-19)34-18-30-17-31-34/h2-7,14-18,28H,8-13,29H2,1H3/b20-16+,28-15?. The molecule has 0 atom stereocenters. The van der Waals surface area contributed by atoms with E-state index in [0.29, 0.717) is 54.9 Å². The molecule has 0 radical (unpaired) electrons. The summed E-state index contributed by atoms with van der Waals surface area (Å²) >= 11 is 0. The van der Waals surface area contributed by atoms with Crippen LogP contribution in [0.3, 0.4) is 0 Å². The van der Waals surface area contributed by atoms with E-state index < -0.39 is 5.41 Å². The number of nitrogens with two attached hydrogens (primary N) is 1. The molecule has 0 aliphatic carbocycles. The molecular weight excluding hydrogens is 470 g/mol. The van der Waals surface area contributed by atoms with Crippen LogP contribution < -0.4 is 15.4 Å². The minimum Gasteiger partial charge on any atom is -0.496 e. The predicted molar refractivity (Wildman–Crippen MR) is 140 cm³/mol. The molecule has 0 unspecified atom stereocenters. The molecule has 10 heteroatoms. The van der Waals surface area contributed by atoms with Crippen molar-refractivity contribution in [2.24, 2.45) is 11.1 Å². The highest BCUT2D eigenvalue weighted by Crippen LogP contribution is 2.44. The fraction of sp³-hybridized carbons (Fsp3) is 0.296. The molecule has 190 valence electrons. The van der Waals surface area contributed by atoms with Crippen molar-refractivity contribution in [2.45, 2.75) is 19.3 Å². The number of piperidine rings is 1. The van der Waals surface area contributed by atoms with Crippen LogP contribution in [0.4, 0.5) is 5.69 Å². The van der Waals surface area contributed by atoms with E-state index in [9.17, 15) is 9.59 Å². The zero-order chi connectivity index (χ0) is 26.0. The quantitative estimate of drug-likeness (QED) is 0.502. The average molecular weight is 500 g/mol. The normalized spacial score (nSPS) is 17.3. The molecule has 1 aromatic heterocycles. The zero-order valence-corrected chi connectivity index (χ0v) is 20.6. The van der Waals surface area contributed by atoms with E-state index in [-0.39, 0.29) is 11.8 Å². The maximum absolute atomic E-state index is 13.6. The van der Waals surface area contributed by atoms with Crippen molar-refractivity contribution in [2.75, 3.05) is 31.6 Å². The molecule has 2 aliphatic rings. The Labute approximate surface area is 214 Å². The molecule has 2 aliphatic heterocycles. The van der Waals surface area contributed by atoms with E-state index in [0.717, 1.165) is 17.8 Å². The number of carbonyl (C=O) groups excluding carboxylic acids is 2. The number of methoxy groups -OCH3 is 1. The summed E-state index contributed by atoms with van der Waals surface area (Å²) in [7, 11) is 1.56. The summed E-state index contributed by atoms with van der Waals surface area (Å²) in [5, 5.41) is 11.7. The molecule has 5 rings (SSSR count). The fourth-order valence-corrected chi connectivity index (χ4v) is 5.25. The first kappa shape index (κ1) is 24.2. The van der Waals surface area contributed by atoms with Gasteiger partial charge in [0.2, 0.25) is 5.91 Å². The lowest BCUT2D eigenvalue weighted by molar-refractivity contribution is -0.127. The van der Waals surface area contributed by atoms with Crippen LogP contribution in [0, 0.1) is 10.8 Å². The van der Waals surface area contributed by atoms with Gasteiger partial charge in [-0.05, 0) is 55.7 Å². The van der Waals surface area contributed by atoms with E-state index in [2.05, 4.69) is 10.1 Å².